The summed E-state index contributed by atoms with van der Waals surface area (Å²) < 4.78 is 28.0. The second-order valence-corrected chi connectivity index (χ2v) is 10.3. The van der Waals surface area contributed by atoms with E-state index in [1.165, 1.54) is 0 Å². The van der Waals surface area contributed by atoms with Crippen LogP contribution in [0.3, 0.4) is 0 Å². The maximum Gasteiger partial charge on any atom is 0.319 e. The predicted molar refractivity (Wildman–Crippen MR) is 155 cm³/mol. The molecule has 1 saturated heterocycles. The number of hydrogen-bond acceptors (Lipinski definition) is 11. The lowest BCUT2D eigenvalue weighted by molar-refractivity contribution is -0.152. The van der Waals surface area contributed by atoms with Gasteiger partial charge in [0.15, 0.2) is 13.1 Å². The van der Waals surface area contributed by atoms with Crippen LogP contribution in [0.5, 0.6) is 11.8 Å². The molecule has 2 aliphatic heterocycles. The molecular weight excluding hydrogens is 524 g/mol. The molecule has 0 aliphatic carbocycles. The van der Waals surface area contributed by atoms with Crippen LogP contribution in [0.2, 0.25) is 0 Å². The summed E-state index contributed by atoms with van der Waals surface area (Å²) in [4.78, 5) is 14.4. The smallest absolute Gasteiger partial charge is 0.319 e. The van der Waals surface area contributed by atoms with E-state index in [2.05, 4.69) is 45.5 Å². The number of methoxy groups -OCH3 is 3. The molecule has 3 heterocycles. The molecule has 41 heavy (non-hydrogen) atoms. The highest BCUT2D eigenvalue weighted by Gasteiger charge is 2.30. The van der Waals surface area contributed by atoms with Gasteiger partial charge in [0.2, 0.25) is 0 Å². The number of piperazine rings is 1. The maximum absolute atomic E-state index is 9.29. The molecule has 0 bridgehead atoms. The fraction of sp³-hybridized carbons (Fsp3) is 0.500. The van der Waals surface area contributed by atoms with Crippen LogP contribution < -0.4 is 24.6 Å². The molecule has 11 heteroatoms. The number of nitriles is 1. The Morgan fingerprint density at radius 2 is 1.93 bits per heavy atom. The molecule has 218 valence electrons. The summed E-state index contributed by atoms with van der Waals surface area (Å²) in [6.07, 6.45) is 0.220. The van der Waals surface area contributed by atoms with Crippen molar-refractivity contribution in [3.8, 4) is 17.8 Å². The molecule has 2 aliphatic rings. The molecule has 0 unspecified atom stereocenters. The van der Waals surface area contributed by atoms with Gasteiger partial charge in [0.25, 0.3) is 0 Å². The van der Waals surface area contributed by atoms with E-state index in [4.69, 9.17) is 33.7 Å². The molecule has 1 aromatic heterocycles. The van der Waals surface area contributed by atoms with Crippen LogP contribution in [-0.4, -0.2) is 82.7 Å². The Morgan fingerprint density at radius 3 is 2.71 bits per heavy atom. The Labute approximate surface area is 240 Å². The summed E-state index contributed by atoms with van der Waals surface area (Å²) in [6, 6.07) is 15.1. The highest BCUT2D eigenvalue weighted by Crippen LogP contribution is 2.37. The minimum atomic E-state index is -0.560. The van der Waals surface area contributed by atoms with E-state index in [0.29, 0.717) is 19.5 Å². The minimum Gasteiger partial charge on any atom is -0.467 e. The van der Waals surface area contributed by atoms with Gasteiger partial charge in [-0.1, -0.05) is 24.3 Å². The van der Waals surface area contributed by atoms with Crippen molar-refractivity contribution in [2.24, 2.45) is 0 Å². The van der Waals surface area contributed by atoms with Gasteiger partial charge < -0.3 is 38.8 Å². The van der Waals surface area contributed by atoms with Crippen LogP contribution in [-0.2, 0) is 27.2 Å². The van der Waals surface area contributed by atoms with Gasteiger partial charge >= 0.3 is 6.01 Å². The van der Waals surface area contributed by atoms with Gasteiger partial charge in [-0.3, -0.25) is 0 Å². The summed E-state index contributed by atoms with van der Waals surface area (Å²) in [5, 5.41) is 15.0. The Balaban J connectivity index is 1.52. The zero-order chi connectivity index (χ0) is 28.8. The second-order valence-electron chi connectivity index (χ2n) is 10.3. The molecule has 0 amide bonds. The van der Waals surface area contributed by atoms with Gasteiger partial charge in [-0.05, 0) is 24.8 Å². The molecule has 0 spiro atoms. The van der Waals surface area contributed by atoms with E-state index in [0.717, 1.165) is 65.3 Å². The van der Waals surface area contributed by atoms with Crippen LogP contribution >= 0.6 is 0 Å². The summed E-state index contributed by atoms with van der Waals surface area (Å²) in [7, 11) is 4.77. The Morgan fingerprint density at radius 1 is 1.10 bits per heavy atom. The third kappa shape index (κ3) is 6.47. The number of rotatable bonds is 11. The number of fused-ring (bicyclic) bond motifs is 2. The lowest BCUT2D eigenvalue weighted by Crippen LogP contribution is -2.51. The van der Waals surface area contributed by atoms with Gasteiger partial charge in [0.05, 0.1) is 24.7 Å². The van der Waals surface area contributed by atoms with Gasteiger partial charge in [-0.25, -0.2) is 0 Å². The first-order chi connectivity index (χ1) is 20.0. The normalized spacial score (nSPS) is 17.8. The highest BCUT2D eigenvalue weighted by molar-refractivity contribution is 5.95. The summed E-state index contributed by atoms with van der Waals surface area (Å²) in [5.74, 6) is 1.62. The Bertz CT molecular complexity index is 1380. The molecule has 1 N–H and O–H groups in total. The van der Waals surface area contributed by atoms with Crippen molar-refractivity contribution in [1.29, 1.82) is 5.26 Å². The molecule has 0 saturated carbocycles. The van der Waals surface area contributed by atoms with E-state index in [-0.39, 0.29) is 18.8 Å². The zero-order valence-electron chi connectivity index (χ0n) is 24.1. The molecule has 1 fully saturated rings. The second kappa shape index (κ2) is 13.3. The number of benzene rings is 2. The Hall–Kier alpha value is -3.69. The number of nitrogens with zero attached hydrogens (tertiary/aromatic N) is 5. The van der Waals surface area contributed by atoms with Crippen LogP contribution in [0.15, 0.2) is 36.4 Å². The maximum atomic E-state index is 9.29. The van der Waals surface area contributed by atoms with Gasteiger partial charge in [-0.2, -0.15) is 15.2 Å². The fourth-order valence-corrected chi connectivity index (χ4v) is 5.61. The van der Waals surface area contributed by atoms with Crippen molar-refractivity contribution in [2.75, 3.05) is 64.1 Å². The number of aromatic nitrogens is 2. The van der Waals surface area contributed by atoms with Crippen molar-refractivity contribution in [3.63, 3.8) is 0 Å². The quantitative estimate of drug-likeness (QED) is 0.347. The highest BCUT2D eigenvalue weighted by atomic mass is 16.7. The number of anilines is 2. The van der Waals surface area contributed by atoms with Crippen LogP contribution in [0.1, 0.15) is 24.6 Å². The van der Waals surface area contributed by atoms with Crippen molar-refractivity contribution >= 4 is 22.3 Å². The van der Waals surface area contributed by atoms with Crippen molar-refractivity contribution in [3.05, 3.63) is 47.7 Å². The standard InChI is InChI=1S/C30H38N6O5/c1-20(29(38-3)39-4)41-30-33-26-18-35(27-16-23(40-19-37-2)15-21-7-5-6-8-24(21)27)13-10-25(26)28(34-30)36-14-12-32-22(17-36)9-11-31/h5-8,15-16,20,22,29,32H,9-10,12-14,17-19H2,1-4H3/t20-,22+/m1/s1. The average molecular weight is 563 g/mol. The lowest BCUT2D eigenvalue weighted by Gasteiger charge is -2.37. The van der Waals surface area contributed by atoms with E-state index >= 15 is 0 Å². The molecule has 11 nitrogen and oxygen atoms in total. The first-order valence-electron chi connectivity index (χ1n) is 13.9. The van der Waals surface area contributed by atoms with Crippen LogP contribution in [0.4, 0.5) is 11.5 Å². The molecule has 3 aromatic rings. The summed E-state index contributed by atoms with van der Waals surface area (Å²) in [5.41, 5.74) is 3.11. The number of hydrogen-bond donors (Lipinski definition) is 1. The fourth-order valence-electron chi connectivity index (χ4n) is 5.61. The van der Waals surface area contributed by atoms with Gasteiger partial charge in [0, 0.05) is 76.3 Å². The summed E-state index contributed by atoms with van der Waals surface area (Å²) >= 11 is 0. The van der Waals surface area contributed by atoms with Gasteiger partial charge in [-0.15, -0.1) is 0 Å². The monoisotopic (exact) mass is 562 g/mol. The molecule has 2 atom stereocenters. The van der Waals surface area contributed by atoms with Crippen molar-refractivity contribution < 1.29 is 23.7 Å². The summed E-state index contributed by atoms with van der Waals surface area (Å²) in [6.45, 7) is 5.68. The molecule has 2 aromatic carbocycles. The number of ether oxygens (including phenoxy) is 5. The van der Waals surface area contributed by atoms with Crippen molar-refractivity contribution in [2.45, 2.75) is 44.7 Å². The third-order valence-electron chi connectivity index (χ3n) is 7.55. The molecule has 5 rings (SSSR count). The topological polar surface area (TPSA) is 114 Å². The van der Waals surface area contributed by atoms with E-state index in [9.17, 15) is 5.26 Å². The van der Waals surface area contributed by atoms with E-state index in [1.54, 1.807) is 21.3 Å². The largest absolute Gasteiger partial charge is 0.467 e. The average Bonchev–Trinajstić information content (AvgIpc) is 3.00. The first kappa shape index (κ1) is 28.8. The minimum absolute atomic E-state index is 0.0790. The van der Waals surface area contributed by atoms with E-state index in [1.807, 2.05) is 19.1 Å². The SMILES string of the molecule is COCOc1cc(N2CCc3c(nc(O[C@H](C)C(OC)OC)nc3N3CCN[C@@H](CC#N)C3)C2)c2ccccc2c1. The van der Waals surface area contributed by atoms with Crippen LogP contribution in [0.25, 0.3) is 10.8 Å². The zero-order valence-corrected chi connectivity index (χ0v) is 24.1. The Kier molecular flexibility index (Phi) is 9.36. The van der Waals surface area contributed by atoms with Crippen LogP contribution in [0, 0.1) is 11.3 Å². The lowest BCUT2D eigenvalue weighted by atomic mass is 10.0. The molecule has 0 radical (unpaired) electrons. The third-order valence-corrected chi connectivity index (χ3v) is 7.55. The van der Waals surface area contributed by atoms with Crippen molar-refractivity contribution in [1.82, 2.24) is 15.3 Å². The number of nitrogens with one attached hydrogen (secondary N) is 1. The first-order valence-corrected chi connectivity index (χ1v) is 13.9. The predicted octanol–water partition coefficient (Wildman–Crippen LogP) is 3.25. The van der Waals surface area contributed by atoms with E-state index < -0.39 is 12.4 Å². The molecular formula is C30H38N6O5. The van der Waals surface area contributed by atoms with Gasteiger partial charge in [0.1, 0.15) is 17.7 Å².